The third-order valence-electron chi connectivity index (χ3n) is 2.25. The highest BCUT2D eigenvalue weighted by atomic mass is 32.2. The number of amides is 1. The highest BCUT2D eigenvalue weighted by Gasteiger charge is 2.18. The summed E-state index contributed by atoms with van der Waals surface area (Å²) in [5.41, 5.74) is 0.401. The molecule has 1 aromatic carbocycles. The molecule has 0 aliphatic rings. The Morgan fingerprint density at radius 2 is 2.00 bits per heavy atom. The molecule has 0 bridgehead atoms. The summed E-state index contributed by atoms with van der Waals surface area (Å²) in [5, 5.41) is 2.48. The third-order valence-corrected chi connectivity index (χ3v) is 3.47. The molecule has 1 rings (SSSR count). The molecule has 0 saturated carbocycles. The van der Waals surface area contributed by atoms with Gasteiger partial charge in [0, 0.05) is 12.2 Å². The van der Waals surface area contributed by atoms with E-state index in [-0.39, 0.29) is 13.1 Å². The van der Waals surface area contributed by atoms with E-state index in [0.29, 0.717) is 5.69 Å². The Bertz CT molecular complexity index is 555. The molecule has 5 nitrogen and oxygen atoms in total. The normalized spacial score (nSPS) is 11.3. The topological polar surface area (TPSA) is 66.5 Å². The lowest BCUT2D eigenvalue weighted by atomic mass is 10.3. The molecule has 1 amide bonds. The van der Waals surface area contributed by atoms with Crippen LogP contribution < -0.4 is 5.32 Å². The molecule has 1 N–H and O–H groups in total. The van der Waals surface area contributed by atoms with Gasteiger partial charge in [0.15, 0.2) is 0 Å². The number of nitrogens with one attached hydrogen (secondary N) is 1. The number of carbonyl (C=O) groups excluding carboxylic acids is 1. The zero-order chi connectivity index (χ0) is 14.5. The second-order valence-electron chi connectivity index (χ2n) is 3.90. The summed E-state index contributed by atoms with van der Waals surface area (Å²) in [5.74, 6) is -0.915. The Labute approximate surface area is 111 Å². The lowest BCUT2D eigenvalue weighted by molar-refractivity contribution is -0.116. The third kappa shape index (κ3) is 5.19. The van der Waals surface area contributed by atoms with Gasteiger partial charge in [-0.25, -0.2) is 12.8 Å². The summed E-state index contributed by atoms with van der Waals surface area (Å²) in [6, 6.07) is 5.19. The average molecular weight is 286 g/mol. The molecule has 104 valence electrons. The molecule has 7 heteroatoms. The van der Waals surface area contributed by atoms with Crippen LogP contribution in [0.3, 0.4) is 0 Å². The van der Waals surface area contributed by atoms with Crippen LogP contribution in [0.4, 0.5) is 10.1 Å². The van der Waals surface area contributed by atoms with Gasteiger partial charge in [-0.1, -0.05) is 6.08 Å². The molecular weight excluding hydrogens is 271 g/mol. The number of benzene rings is 1. The van der Waals surface area contributed by atoms with Crippen molar-refractivity contribution in [2.75, 3.05) is 24.7 Å². The van der Waals surface area contributed by atoms with Gasteiger partial charge < -0.3 is 5.32 Å². The fourth-order valence-corrected chi connectivity index (χ4v) is 2.08. The average Bonchev–Trinajstić information content (AvgIpc) is 2.30. The molecule has 0 unspecified atom stereocenters. The summed E-state index contributed by atoms with van der Waals surface area (Å²) in [7, 11) is -3.48. The lowest BCUT2D eigenvalue weighted by Gasteiger charge is -2.17. The molecule has 0 saturated heterocycles. The van der Waals surface area contributed by atoms with E-state index >= 15 is 0 Å². The van der Waals surface area contributed by atoms with Crippen molar-refractivity contribution < 1.29 is 17.6 Å². The van der Waals surface area contributed by atoms with Crippen LogP contribution in [0.2, 0.25) is 0 Å². The van der Waals surface area contributed by atoms with E-state index in [1.54, 1.807) is 0 Å². The van der Waals surface area contributed by atoms with Crippen molar-refractivity contribution in [3.8, 4) is 0 Å². The maximum Gasteiger partial charge on any atom is 0.239 e. The summed E-state index contributed by atoms with van der Waals surface area (Å²) in [6.45, 7) is 3.17. The van der Waals surface area contributed by atoms with Crippen molar-refractivity contribution >= 4 is 21.6 Å². The number of hydrogen-bond acceptors (Lipinski definition) is 3. The molecule has 0 fully saturated rings. The monoisotopic (exact) mass is 286 g/mol. The number of nitrogens with zero attached hydrogens (tertiary/aromatic N) is 1. The van der Waals surface area contributed by atoms with Crippen molar-refractivity contribution in [1.29, 1.82) is 0 Å². The van der Waals surface area contributed by atoms with Gasteiger partial charge in [0.05, 0.1) is 12.8 Å². The standard InChI is InChI=1S/C12H15FN2O3S/c1-3-8-15(19(2,17)18)9-12(16)14-11-6-4-10(13)5-7-11/h3-7H,1,8-9H2,2H3,(H,14,16). The van der Waals surface area contributed by atoms with E-state index in [1.807, 2.05) is 0 Å². The number of halogens is 1. The van der Waals surface area contributed by atoms with Gasteiger partial charge in [-0.3, -0.25) is 4.79 Å². The van der Waals surface area contributed by atoms with E-state index in [0.717, 1.165) is 10.6 Å². The molecule has 0 aromatic heterocycles. The Kier molecular flexibility index (Phi) is 5.20. The maximum atomic E-state index is 12.7. The Balaban J connectivity index is 2.68. The summed E-state index contributed by atoms with van der Waals surface area (Å²) < 4.78 is 36.5. The van der Waals surface area contributed by atoms with Crippen molar-refractivity contribution in [2.24, 2.45) is 0 Å². The van der Waals surface area contributed by atoms with Crippen molar-refractivity contribution in [2.45, 2.75) is 0 Å². The van der Waals surface area contributed by atoms with Crippen LogP contribution >= 0.6 is 0 Å². The van der Waals surface area contributed by atoms with Crippen LogP contribution in [0.1, 0.15) is 0 Å². The van der Waals surface area contributed by atoms with Crippen LogP contribution in [0.25, 0.3) is 0 Å². The Morgan fingerprint density at radius 1 is 1.42 bits per heavy atom. The van der Waals surface area contributed by atoms with E-state index in [2.05, 4.69) is 11.9 Å². The molecule has 0 aliphatic carbocycles. The van der Waals surface area contributed by atoms with Crippen LogP contribution in [0, 0.1) is 5.82 Å². The molecule has 0 atom stereocenters. The molecule has 0 radical (unpaired) electrons. The first kappa shape index (κ1) is 15.3. The smallest absolute Gasteiger partial charge is 0.239 e. The van der Waals surface area contributed by atoms with E-state index in [4.69, 9.17) is 0 Å². The highest BCUT2D eigenvalue weighted by molar-refractivity contribution is 7.88. The van der Waals surface area contributed by atoms with Crippen molar-refractivity contribution in [1.82, 2.24) is 4.31 Å². The summed E-state index contributed by atoms with van der Waals surface area (Å²) in [4.78, 5) is 11.7. The van der Waals surface area contributed by atoms with Crippen LogP contribution in [0.5, 0.6) is 0 Å². The minimum Gasteiger partial charge on any atom is -0.325 e. The van der Waals surface area contributed by atoms with Crippen LogP contribution in [0.15, 0.2) is 36.9 Å². The second kappa shape index (κ2) is 6.44. The number of anilines is 1. The molecule has 0 heterocycles. The van der Waals surface area contributed by atoms with Gasteiger partial charge in [0.2, 0.25) is 15.9 Å². The van der Waals surface area contributed by atoms with Crippen LogP contribution in [-0.4, -0.2) is 38.0 Å². The van der Waals surface area contributed by atoms with Gasteiger partial charge >= 0.3 is 0 Å². The predicted molar refractivity (Wildman–Crippen MR) is 71.6 cm³/mol. The first-order valence-corrected chi connectivity index (χ1v) is 7.29. The van der Waals surface area contributed by atoms with Gasteiger partial charge in [0.1, 0.15) is 5.82 Å². The van der Waals surface area contributed by atoms with Crippen molar-refractivity contribution in [3.05, 3.63) is 42.7 Å². The zero-order valence-corrected chi connectivity index (χ0v) is 11.3. The molecule has 0 aliphatic heterocycles. The molecular formula is C12H15FN2O3S. The molecule has 19 heavy (non-hydrogen) atoms. The minimum absolute atomic E-state index is 0.0513. The predicted octanol–water partition coefficient (Wildman–Crippen LogP) is 1.21. The summed E-state index contributed by atoms with van der Waals surface area (Å²) >= 11 is 0. The van der Waals surface area contributed by atoms with E-state index in [9.17, 15) is 17.6 Å². The highest BCUT2D eigenvalue weighted by Crippen LogP contribution is 2.08. The number of sulfonamides is 1. The van der Waals surface area contributed by atoms with Crippen molar-refractivity contribution in [3.63, 3.8) is 0 Å². The van der Waals surface area contributed by atoms with E-state index in [1.165, 1.54) is 30.3 Å². The van der Waals surface area contributed by atoms with Gasteiger partial charge in [0.25, 0.3) is 0 Å². The quantitative estimate of drug-likeness (QED) is 0.799. The Morgan fingerprint density at radius 3 is 2.47 bits per heavy atom. The van der Waals surface area contributed by atoms with Crippen LogP contribution in [-0.2, 0) is 14.8 Å². The van der Waals surface area contributed by atoms with Gasteiger partial charge in [-0.05, 0) is 24.3 Å². The minimum atomic E-state index is -3.48. The number of carbonyl (C=O) groups is 1. The van der Waals surface area contributed by atoms with Gasteiger partial charge in [-0.15, -0.1) is 6.58 Å². The summed E-state index contributed by atoms with van der Waals surface area (Å²) in [6.07, 6.45) is 2.41. The largest absolute Gasteiger partial charge is 0.325 e. The fourth-order valence-electron chi connectivity index (χ4n) is 1.36. The maximum absolute atomic E-state index is 12.7. The number of rotatable bonds is 6. The first-order valence-electron chi connectivity index (χ1n) is 5.44. The SMILES string of the molecule is C=CCN(CC(=O)Nc1ccc(F)cc1)S(C)(=O)=O. The molecule has 0 spiro atoms. The van der Waals surface area contributed by atoms with E-state index < -0.39 is 21.7 Å². The zero-order valence-electron chi connectivity index (χ0n) is 10.5. The Hall–Kier alpha value is -1.73. The fraction of sp³-hybridized carbons (Fsp3) is 0.250. The number of hydrogen-bond donors (Lipinski definition) is 1. The lowest BCUT2D eigenvalue weighted by Crippen LogP contribution is -2.37. The molecule has 1 aromatic rings. The van der Waals surface area contributed by atoms with Gasteiger partial charge in [-0.2, -0.15) is 4.31 Å². The first-order chi connectivity index (χ1) is 8.82. The second-order valence-corrected chi connectivity index (χ2v) is 5.88.